The van der Waals surface area contributed by atoms with Gasteiger partial charge in [0.25, 0.3) is 0 Å². The van der Waals surface area contributed by atoms with Crippen LogP contribution in [-0.4, -0.2) is 23.9 Å². The number of rotatable bonds is 6. The number of aliphatic hydroxyl groups excluding tert-OH is 1. The molecule has 0 aliphatic heterocycles. The minimum absolute atomic E-state index is 0.215. The Kier molecular flexibility index (Phi) is 5.00. The quantitative estimate of drug-likeness (QED) is 0.851. The zero-order valence-corrected chi connectivity index (χ0v) is 12.4. The number of benzene rings is 1. The van der Waals surface area contributed by atoms with Crippen molar-refractivity contribution < 1.29 is 9.84 Å². The monoisotopic (exact) mass is 262 g/mol. The van der Waals surface area contributed by atoms with Crippen molar-refractivity contribution in [1.29, 1.82) is 0 Å². The van der Waals surface area contributed by atoms with Crippen molar-refractivity contribution in [2.45, 2.75) is 58.7 Å². The van der Waals surface area contributed by atoms with Crippen molar-refractivity contribution in [2.75, 3.05) is 6.61 Å². The molecule has 2 nitrogen and oxygen atoms in total. The Hall–Kier alpha value is -0.860. The molecule has 0 saturated heterocycles. The van der Waals surface area contributed by atoms with Gasteiger partial charge in [0.15, 0.2) is 0 Å². The molecule has 1 aromatic carbocycles. The van der Waals surface area contributed by atoms with Crippen LogP contribution in [-0.2, 0) is 11.2 Å². The first kappa shape index (κ1) is 14.5. The van der Waals surface area contributed by atoms with Gasteiger partial charge >= 0.3 is 0 Å². The maximum absolute atomic E-state index is 10.3. The first-order chi connectivity index (χ1) is 9.10. The first-order valence-corrected chi connectivity index (χ1v) is 7.44. The van der Waals surface area contributed by atoms with Gasteiger partial charge in [0, 0.05) is 6.61 Å². The van der Waals surface area contributed by atoms with Crippen LogP contribution in [0.1, 0.15) is 42.9 Å². The van der Waals surface area contributed by atoms with Crippen molar-refractivity contribution in [2.24, 2.45) is 5.92 Å². The summed E-state index contributed by atoms with van der Waals surface area (Å²) in [4.78, 5) is 0. The van der Waals surface area contributed by atoms with Crippen LogP contribution >= 0.6 is 0 Å². The van der Waals surface area contributed by atoms with Crippen LogP contribution in [0.5, 0.6) is 0 Å². The van der Waals surface area contributed by atoms with E-state index in [-0.39, 0.29) is 6.10 Å². The van der Waals surface area contributed by atoms with Crippen molar-refractivity contribution >= 4 is 0 Å². The molecule has 19 heavy (non-hydrogen) atoms. The molecule has 0 bridgehead atoms. The molecule has 0 aromatic heterocycles. The van der Waals surface area contributed by atoms with Crippen molar-refractivity contribution in [3.63, 3.8) is 0 Å². The van der Waals surface area contributed by atoms with Gasteiger partial charge in [-0.1, -0.05) is 18.2 Å². The van der Waals surface area contributed by atoms with E-state index >= 15 is 0 Å². The SMILES string of the molecule is CCOC1CC(CC(O)Cc2c(C)cccc2C)C1. The summed E-state index contributed by atoms with van der Waals surface area (Å²) in [5, 5.41) is 10.3. The first-order valence-electron chi connectivity index (χ1n) is 7.44. The molecule has 106 valence electrons. The van der Waals surface area contributed by atoms with Gasteiger partial charge in [0.1, 0.15) is 0 Å². The number of hydrogen-bond acceptors (Lipinski definition) is 2. The number of aliphatic hydroxyl groups is 1. The highest BCUT2D eigenvalue weighted by atomic mass is 16.5. The molecule has 0 amide bonds. The molecule has 0 spiro atoms. The van der Waals surface area contributed by atoms with Gasteiger partial charge in [0.05, 0.1) is 12.2 Å². The van der Waals surface area contributed by atoms with E-state index in [1.165, 1.54) is 16.7 Å². The van der Waals surface area contributed by atoms with Crippen molar-refractivity contribution in [1.82, 2.24) is 0 Å². The van der Waals surface area contributed by atoms with Gasteiger partial charge in [-0.2, -0.15) is 0 Å². The molecular weight excluding hydrogens is 236 g/mol. The third kappa shape index (κ3) is 3.80. The predicted octanol–water partition coefficient (Wildman–Crippen LogP) is 3.41. The number of ether oxygens (including phenoxy) is 1. The van der Waals surface area contributed by atoms with E-state index in [9.17, 15) is 5.11 Å². The summed E-state index contributed by atoms with van der Waals surface area (Å²) < 4.78 is 5.56. The molecule has 1 atom stereocenters. The maximum atomic E-state index is 10.3. The van der Waals surface area contributed by atoms with E-state index in [4.69, 9.17) is 4.74 Å². The maximum Gasteiger partial charge on any atom is 0.0583 e. The average molecular weight is 262 g/mol. The molecule has 0 radical (unpaired) electrons. The topological polar surface area (TPSA) is 29.5 Å². The lowest BCUT2D eigenvalue weighted by Crippen LogP contribution is -2.34. The van der Waals surface area contributed by atoms with Crippen molar-refractivity contribution in [3.8, 4) is 0 Å². The molecule has 2 rings (SSSR count). The standard InChI is InChI=1S/C17H26O2/c1-4-19-16-9-14(10-16)8-15(18)11-17-12(2)6-5-7-13(17)3/h5-7,14-16,18H,4,8-11H2,1-3H3. The largest absolute Gasteiger partial charge is 0.393 e. The molecule has 1 saturated carbocycles. The molecular formula is C17H26O2. The van der Waals surface area contributed by atoms with E-state index in [1.807, 2.05) is 6.92 Å². The molecule has 1 aromatic rings. The van der Waals surface area contributed by atoms with Gasteiger partial charge in [0.2, 0.25) is 0 Å². The minimum Gasteiger partial charge on any atom is -0.393 e. The van der Waals surface area contributed by atoms with E-state index in [0.717, 1.165) is 32.3 Å². The van der Waals surface area contributed by atoms with E-state index in [1.54, 1.807) is 0 Å². The number of hydrogen-bond donors (Lipinski definition) is 1. The second-order valence-electron chi connectivity index (χ2n) is 5.88. The predicted molar refractivity (Wildman–Crippen MR) is 78.4 cm³/mol. The van der Waals surface area contributed by atoms with Crippen LogP contribution in [0.4, 0.5) is 0 Å². The Bertz CT molecular complexity index is 387. The molecule has 1 aliphatic rings. The normalized spacial score (nSPS) is 24.0. The van der Waals surface area contributed by atoms with E-state index < -0.39 is 0 Å². The van der Waals surface area contributed by atoms with Crippen LogP contribution in [0.3, 0.4) is 0 Å². The highest BCUT2D eigenvalue weighted by Crippen LogP contribution is 2.34. The minimum atomic E-state index is -0.215. The van der Waals surface area contributed by atoms with Crippen LogP contribution in [0, 0.1) is 19.8 Å². The highest BCUT2D eigenvalue weighted by molar-refractivity contribution is 5.33. The summed E-state index contributed by atoms with van der Waals surface area (Å²) in [6.45, 7) is 7.11. The Balaban J connectivity index is 1.81. The molecule has 1 N–H and O–H groups in total. The van der Waals surface area contributed by atoms with Gasteiger partial charge in [-0.15, -0.1) is 0 Å². The summed E-state index contributed by atoms with van der Waals surface area (Å²) in [7, 11) is 0. The van der Waals surface area contributed by atoms with Crippen molar-refractivity contribution in [3.05, 3.63) is 34.9 Å². The van der Waals surface area contributed by atoms with Crippen LogP contribution in [0.2, 0.25) is 0 Å². The third-order valence-electron chi connectivity index (χ3n) is 4.28. The van der Waals surface area contributed by atoms with Gasteiger partial charge < -0.3 is 9.84 Å². The smallest absolute Gasteiger partial charge is 0.0583 e. The van der Waals surface area contributed by atoms with E-state index in [2.05, 4.69) is 32.0 Å². The summed E-state index contributed by atoms with van der Waals surface area (Å²) in [6, 6.07) is 6.34. The fraction of sp³-hybridized carbons (Fsp3) is 0.647. The summed E-state index contributed by atoms with van der Waals surface area (Å²) in [5.41, 5.74) is 3.90. The fourth-order valence-electron chi connectivity index (χ4n) is 3.11. The van der Waals surface area contributed by atoms with Gasteiger partial charge in [-0.3, -0.25) is 0 Å². The van der Waals surface area contributed by atoms with E-state index in [0.29, 0.717) is 12.0 Å². The summed E-state index contributed by atoms with van der Waals surface area (Å²) in [6.07, 6.45) is 4.18. The molecule has 1 fully saturated rings. The average Bonchev–Trinajstić information content (AvgIpc) is 2.31. The lowest BCUT2D eigenvalue weighted by molar-refractivity contribution is -0.0375. The Morgan fingerprint density at radius 2 is 1.89 bits per heavy atom. The number of aryl methyl sites for hydroxylation is 2. The van der Waals surface area contributed by atoms with Crippen LogP contribution in [0.25, 0.3) is 0 Å². The van der Waals surface area contributed by atoms with Gasteiger partial charge in [-0.25, -0.2) is 0 Å². The van der Waals surface area contributed by atoms with Gasteiger partial charge in [-0.05, 0) is 69.1 Å². The van der Waals surface area contributed by atoms with Crippen LogP contribution in [0.15, 0.2) is 18.2 Å². The second-order valence-corrected chi connectivity index (χ2v) is 5.88. The lowest BCUT2D eigenvalue weighted by atomic mass is 9.77. The molecule has 1 unspecified atom stereocenters. The Morgan fingerprint density at radius 3 is 2.47 bits per heavy atom. The fourth-order valence-corrected chi connectivity index (χ4v) is 3.11. The zero-order chi connectivity index (χ0) is 13.8. The van der Waals surface area contributed by atoms with Crippen LogP contribution < -0.4 is 0 Å². The molecule has 1 aliphatic carbocycles. The molecule has 2 heteroatoms. The summed E-state index contributed by atoms with van der Waals surface area (Å²) >= 11 is 0. The third-order valence-corrected chi connectivity index (χ3v) is 4.28. The Labute approximate surface area is 116 Å². The molecule has 0 heterocycles. The Morgan fingerprint density at radius 1 is 1.26 bits per heavy atom. The highest BCUT2D eigenvalue weighted by Gasteiger charge is 2.31. The zero-order valence-electron chi connectivity index (χ0n) is 12.4. The second kappa shape index (κ2) is 6.53. The lowest BCUT2D eigenvalue weighted by Gasteiger charge is -2.36. The summed E-state index contributed by atoms with van der Waals surface area (Å²) in [5.74, 6) is 0.649.